The summed E-state index contributed by atoms with van der Waals surface area (Å²) < 4.78 is 5.24. The molecule has 0 radical (unpaired) electrons. The highest BCUT2D eigenvalue weighted by Gasteiger charge is 2.51. The number of aryl methyl sites for hydroxylation is 1. The number of benzene rings is 1. The van der Waals surface area contributed by atoms with Crippen molar-refractivity contribution in [1.82, 2.24) is 15.5 Å². The lowest BCUT2D eigenvalue weighted by Crippen LogP contribution is -2.34. The van der Waals surface area contributed by atoms with E-state index in [1.54, 1.807) is 11.3 Å². The van der Waals surface area contributed by atoms with Gasteiger partial charge in [-0.05, 0) is 36.8 Å². The van der Waals surface area contributed by atoms with Crippen molar-refractivity contribution in [2.24, 2.45) is 0 Å². The van der Waals surface area contributed by atoms with Gasteiger partial charge in [-0.3, -0.25) is 4.79 Å². The molecule has 2 heterocycles. The van der Waals surface area contributed by atoms with Crippen LogP contribution in [0.4, 0.5) is 0 Å². The van der Waals surface area contributed by atoms with Crippen LogP contribution in [0, 0.1) is 6.92 Å². The van der Waals surface area contributed by atoms with Crippen molar-refractivity contribution in [2.45, 2.75) is 31.7 Å². The molecule has 1 saturated carbocycles. The minimum Gasteiger partial charge on any atom is -0.348 e. The lowest BCUT2D eigenvalue weighted by molar-refractivity contribution is -0.123. The topological polar surface area (TPSA) is 68.0 Å². The average Bonchev–Trinajstić information content (AvgIpc) is 3.00. The number of carbonyl (C=O) groups excluding carboxylic acids is 1. The van der Waals surface area contributed by atoms with Crippen LogP contribution in [-0.2, 0) is 16.8 Å². The summed E-state index contributed by atoms with van der Waals surface area (Å²) in [6, 6.07) is 10.1. The predicted octanol–water partition coefficient (Wildman–Crippen LogP) is 3.45. The van der Waals surface area contributed by atoms with Crippen molar-refractivity contribution in [3.8, 4) is 11.5 Å². The molecule has 1 fully saturated rings. The quantitative estimate of drug-likeness (QED) is 0.773. The van der Waals surface area contributed by atoms with Gasteiger partial charge in [-0.1, -0.05) is 35.0 Å². The molecule has 1 N–H and O–H groups in total. The third-order valence-electron chi connectivity index (χ3n) is 4.40. The number of hydrogen-bond donors (Lipinski definition) is 1. The molecule has 4 rings (SSSR count). The highest BCUT2D eigenvalue weighted by molar-refractivity contribution is 7.08. The monoisotopic (exact) mass is 339 g/mol. The van der Waals surface area contributed by atoms with Crippen LogP contribution in [0.3, 0.4) is 0 Å². The van der Waals surface area contributed by atoms with Crippen molar-refractivity contribution in [3.63, 3.8) is 0 Å². The van der Waals surface area contributed by atoms with E-state index in [4.69, 9.17) is 4.52 Å². The highest BCUT2D eigenvalue weighted by atomic mass is 32.1. The predicted molar refractivity (Wildman–Crippen MR) is 91.5 cm³/mol. The Hall–Kier alpha value is -2.47. The molecule has 24 heavy (non-hydrogen) atoms. The summed E-state index contributed by atoms with van der Waals surface area (Å²) >= 11 is 1.57. The van der Waals surface area contributed by atoms with Crippen molar-refractivity contribution in [1.29, 1.82) is 0 Å². The van der Waals surface area contributed by atoms with Crippen LogP contribution >= 0.6 is 11.3 Å². The molecular formula is C18H17N3O2S. The molecule has 0 aliphatic heterocycles. The maximum absolute atomic E-state index is 12.7. The fraction of sp³-hybridized carbons (Fsp3) is 0.278. The third kappa shape index (κ3) is 2.73. The fourth-order valence-electron chi connectivity index (χ4n) is 2.87. The average molecular weight is 339 g/mol. The molecule has 1 aliphatic rings. The van der Waals surface area contributed by atoms with E-state index < -0.39 is 0 Å². The van der Waals surface area contributed by atoms with Crippen molar-refractivity contribution in [2.75, 3.05) is 0 Å². The van der Waals surface area contributed by atoms with E-state index in [0.717, 1.165) is 24.0 Å². The molecule has 1 aliphatic carbocycles. The van der Waals surface area contributed by atoms with Crippen LogP contribution in [0.25, 0.3) is 11.5 Å². The van der Waals surface area contributed by atoms with Gasteiger partial charge in [0.25, 0.3) is 5.89 Å². The highest BCUT2D eigenvalue weighted by Crippen LogP contribution is 2.48. The lowest BCUT2D eigenvalue weighted by atomic mass is 9.93. The molecule has 2 aromatic heterocycles. The number of hydrogen-bond acceptors (Lipinski definition) is 5. The minimum absolute atomic E-state index is 0.0370. The summed E-state index contributed by atoms with van der Waals surface area (Å²) in [7, 11) is 0. The van der Waals surface area contributed by atoms with Crippen LogP contribution in [0.1, 0.15) is 29.8 Å². The van der Waals surface area contributed by atoms with Crippen LogP contribution in [0.2, 0.25) is 0 Å². The third-order valence-corrected chi connectivity index (χ3v) is 5.08. The summed E-state index contributed by atoms with van der Waals surface area (Å²) in [5.41, 5.74) is 2.78. The molecule has 0 spiro atoms. The zero-order valence-corrected chi connectivity index (χ0v) is 14.1. The fourth-order valence-corrected chi connectivity index (χ4v) is 3.50. The second-order valence-electron chi connectivity index (χ2n) is 6.16. The second kappa shape index (κ2) is 5.87. The molecule has 122 valence electrons. The van der Waals surface area contributed by atoms with Gasteiger partial charge in [-0.2, -0.15) is 16.3 Å². The Bertz CT molecular complexity index is 866. The minimum atomic E-state index is -0.383. The Balaban J connectivity index is 1.44. The summed E-state index contributed by atoms with van der Waals surface area (Å²) in [6.07, 6.45) is 1.77. The number of nitrogens with zero attached hydrogens (tertiary/aromatic N) is 2. The van der Waals surface area contributed by atoms with E-state index in [1.165, 1.54) is 5.56 Å². The lowest BCUT2D eigenvalue weighted by Gasteiger charge is -2.15. The van der Waals surface area contributed by atoms with Crippen molar-refractivity contribution in [3.05, 3.63) is 58.0 Å². The summed E-state index contributed by atoms with van der Waals surface area (Å²) in [6.45, 7) is 2.32. The zero-order chi connectivity index (χ0) is 16.6. The maximum atomic E-state index is 12.7. The molecular weight excluding hydrogens is 322 g/mol. The Labute approximate surface area is 143 Å². The van der Waals surface area contributed by atoms with Gasteiger partial charge in [0.15, 0.2) is 5.82 Å². The van der Waals surface area contributed by atoms with Crippen LogP contribution in [0.15, 0.2) is 45.6 Å². The molecule has 0 unspecified atom stereocenters. The van der Waals surface area contributed by atoms with Crippen LogP contribution in [0.5, 0.6) is 0 Å². The smallest absolute Gasteiger partial charge is 0.258 e. The van der Waals surface area contributed by atoms with E-state index in [1.807, 2.05) is 41.9 Å². The molecule has 6 heteroatoms. The number of amides is 1. The molecule has 3 aromatic rings. The van der Waals surface area contributed by atoms with E-state index in [-0.39, 0.29) is 17.9 Å². The molecule has 0 saturated heterocycles. The maximum Gasteiger partial charge on any atom is 0.258 e. The summed E-state index contributed by atoms with van der Waals surface area (Å²) in [5, 5.41) is 10.8. The van der Waals surface area contributed by atoms with E-state index in [2.05, 4.69) is 21.5 Å². The van der Waals surface area contributed by atoms with Gasteiger partial charge < -0.3 is 9.84 Å². The van der Waals surface area contributed by atoms with E-state index in [9.17, 15) is 4.79 Å². The molecule has 5 nitrogen and oxygen atoms in total. The van der Waals surface area contributed by atoms with Crippen LogP contribution < -0.4 is 5.32 Å². The van der Waals surface area contributed by atoms with Gasteiger partial charge in [0.2, 0.25) is 5.91 Å². The SMILES string of the molecule is Cc1cccc(C2(C(=O)NCc3noc(-c4ccsc4)n3)CC2)c1. The van der Waals surface area contributed by atoms with E-state index >= 15 is 0 Å². The molecule has 1 aromatic carbocycles. The molecule has 0 bridgehead atoms. The van der Waals surface area contributed by atoms with Crippen LogP contribution in [-0.4, -0.2) is 16.0 Å². The largest absolute Gasteiger partial charge is 0.348 e. The van der Waals surface area contributed by atoms with Gasteiger partial charge in [0.1, 0.15) is 0 Å². The number of rotatable bonds is 5. The number of carbonyl (C=O) groups is 1. The summed E-state index contributed by atoms with van der Waals surface area (Å²) in [5.74, 6) is 1.01. The van der Waals surface area contributed by atoms with Gasteiger partial charge in [-0.15, -0.1) is 0 Å². The standard InChI is InChI=1S/C18H17N3O2S/c1-12-3-2-4-14(9-12)18(6-7-18)17(22)19-10-15-20-16(23-21-15)13-5-8-24-11-13/h2-5,8-9,11H,6-7,10H2,1H3,(H,19,22). The first-order valence-electron chi connectivity index (χ1n) is 7.88. The number of thiophene rings is 1. The normalized spacial score (nSPS) is 15.2. The van der Waals surface area contributed by atoms with Gasteiger partial charge >= 0.3 is 0 Å². The Morgan fingerprint density at radius 1 is 1.38 bits per heavy atom. The molecule has 1 amide bonds. The number of nitrogens with one attached hydrogen (secondary N) is 1. The Kier molecular flexibility index (Phi) is 3.69. The zero-order valence-electron chi connectivity index (χ0n) is 13.3. The number of aromatic nitrogens is 2. The molecule has 0 atom stereocenters. The van der Waals surface area contributed by atoms with E-state index in [0.29, 0.717) is 11.7 Å². The summed E-state index contributed by atoms with van der Waals surface area (Å²) in [4.78, 5) is 17.0. The Morgan fingerprint density at radius 2 is 2.25 bits per heavy atom. The van der Waals surface area contributed by atoms with Gasteiger partial charge in [-0.25, -0.2) is 0 Å². The van der Waals surface area contributed by atoms with Crippen molar-refractivity contribution < 1.29 is 9.32 Å². The first kappa shape index (κ1) is 15.1. The first-order chi connectivity index (χ1) is 11.7. The second-order valence-corrected chi connectivity index (χ2v) is 6.94. The Morgan fingerprint density at radius 3 is 2.96 bits per heavy atom. The van der Waals surface area contributed by atoms with Gasteiger partial charge in [0.05, 0.1) is 17.5 Å². The van der Waals surface area contributed by atoms with Crippen molar-refractivity contribution >= 4 is 17.2 Å². The first-order valence-corrected chi connectivity index (χ1v) is 8.82. The van der Waals surface area contributed by atoms with Gasteiger partial charge in [0, 0.05) is 5.38 Å².